The fraction of sp³-hybridized carbons (Fsp3) is 0.190. The molecule has 2 aromatic heterocycles. The van der Waals surface area contributed by atoms with Gasteiger partial charge in [0.05, 0.1) is 10.6 Å². The van der Waals surface area contributed by atoms with Gasteiger partial charge < -0.3 is 9.73 Å². The lowest BCUT2D eigenvalue weighted by Crippen LogP contribution is -2.07. The summed E-state index contributed by atoms with van der Waals surface area (Å²) in [6.07, 6.45) is 3.05. The largest absolute Gasteiger partial charge is 0.454 e. The van der Waals surface area contributed by atoms with Crippen LogP contribution in [0.5, 0.6) is 0 Å². The first kappa shape index (κ1) is 16.6. The van der Waals surface area contributed by atoms with Crippen molar-refractivity contribution < 1.29 is 9.34 Å². The number of rotatable bonds is 3. The third kappa shape index (κ3) is 2.72. The van der Waals surface area contributed by atoms with Gasteiger partial charge >= 0.3 is 0 Å². The molecule has 7 nitrogen and oxygen atoms in total. The molecular weight excluding hydrogens is 356 g/mol. The molecule has 0 spiro atoms. The van der Waals surface area contributed by atoms with Crippen molar-refractivity contribution in [3.05, 3.63) is 70.3 Å². The number of para-hydroxylation sites is 1. The Kier molecular flexibility index (Phi) is 3.86. The normalized spacial score (nSPS) is 13.7. The Morgan fingerprint density at radius 3 is 2.71 bits per heavy atom. The summed E-state index contributed by atoms with van der Waals surface area (Å²) >= 11 is 0. The van der Waals surface area contributed by atoms with Gasteiger partial charge in [-0.05, 0) is 43.5 Å². The Balaban J connectivity index is 1.67. The lowest BCUT2D eigenvalue weighted by Gasteiger charge is -2.08. The third-order valence-electron chi connectivity index (χ3n) is 5.09. The van der Waals surface area contributed by atoms with Crippen LogP contribution in [0.1, 0.15) is 18.4 Å². The number of aromatic nitrogens is 2. The van der Waals surface area contributed by atoms with Gasteiger partial charge in [-0.25, -0.2) is 4.68 Å². The average molecular weight is 374 g/mol. The number of nitro groups is 1. The number of hydrogen-bond acceptors (Lipinski definition) is 5. The van der Waals surface area contributed by atoms with Crippen molar-refractivity contribution in [3.63, 3.8) is 0 Å². The molecule has 0 saturated heterocycles. The van der Waals surface area contributed by atoms with Gasteiger partial charge in [0, 0.05) is 29.6 Å². The van der Waals surface area contributed by atoms with Crippen LogP contribution in [0.3, 0.4) is 0 Å². The molecule has 7 heteroatoms. The Bertz CT molecular complexity index is 1140. The van der Waals surface area contributed by atoms with Gasteiger partial charge in [-0.3, -0.25) is 10.1 Å². The van der Waals surface area contributed by atoms with E-state index in [2.05, 4.69) is 5.32 Å². The van der Waals surface area contributed by atoms with Crippen molar-refractivity contribution in [3.8, 4) is 17.1 Å². The van der Waals surface area contributed by atoms with Crippen LogP contribution in [0.2, 0.25) is 0 Å². The SMILES string of the molecule is O=[N+]([O-])c1ccc(-n2nc(-c3cc4ccccc4o3)c3c2NCCCC3)cc1. The van der Waals surface area contributed by atoms with Crippen molar-refractivity contribution in [2.45, 2.75) is 19.3 Å². The maximum absolute atomic E-state index is 11.0. The van der Waals surface area contributed by atoms with Crippen molar-refractivity contribution in [1.29, 1.82) is 0 Å². The summed E-state index contributed by atoms with van der Waals surface area (Å²) in [6, 6.07) is 16.4. The van der Waals surface area contributed by atoms with E-state index in [1.54, 1.807) is 12.1 Å². The molecule has 28 heavy (non-hydrogen) atoms. The highest BCUT2D eigenvalue weighted by Gasteiger charge is 2.24. The Morgan fingerprint density at radius 1 is 1.11 bits per heavy atom. The fourth-order valence-electron chi connectivity index (χ4n) is 3.70. The minimum absolute atomic E-state index is 0.0625. The smallest absolute Gasteiger partial charge is 0.269 e. The minimum Gasteiger partial charge on any atom is -0.454 e. The summed E-state index contributed by atoms with van der Waals surface area (Å²) in [5.74, 6) is 1.67. The number of furan rings is 1. The second kappa shape index (κ2) is 6.53. The molecule has 1 aliphatic rings. The van der Waals surface area contributed by atoms with Gasteiger partial charge in [-0.15, -0.1) is 0 Å². The number of anilines is 1. The second-order valence-electron chi connectivity index (χ2n) is 6.89. The van der Waals surface area contributed by atoms with E-state index >= 15 is 0 Å². The molecule has 0 saturated carbocycles. The topological polar surface area (TPSA) is 86.1 Å². The summed E-state index contributed by atoms with van der Waals surface area (Å²) in [6.45, 7) is 0.866. The van der Waals surface area contributed by atoms with Gasteiger partial charge in [-0.2, -0.15) is 5.10 Å². The zero-order valence-corrected chi connectivity index (χ0v) is 15.1. The first-order valence-corrected chi connectivity index (χ1v) is 9.30. The monoisotopic (exact) mass is 374 g/mol. The predicted molar refractivity (Wildman–Crippen MR) is 107 cm³/mol. The lowest BCUT2D eigenvalue weighted by atomic mass is 10.1. The first-order chi connectivity index (χ1) is 13.7. The molecule has 140 valence electrons. The maximum Gasteiger partial charge on any atom is 0.269 e. The van der Waals surface area contributed by atoms with Crippen molar-refractivity contribution in [2.75, 3.05) is 11.9 Å². The van der Waals surface area contributed by atoms with Crippen molar-refractivity contribution in [2.24, 2.45) is 0 Å². The van der Waals surface area contributed by atoms with E-state index < -0.39 is 4.92 Å². The van der Waals surface area contributed by atoms with Crippen LogP contribution in [0, 0.1) is 10.1 Å². The minimum atomic E-state index is -0.397. The fourth-order valence-corrected chi connectivity index (χ4v) is 3.70. The van der Waals surface area contributed by atoms with Crippen molar-refractivity contribution >= 4 is 22.5 Å². The molecule has 1 aliphatic heterocycles. The van der Waals surface area contributed by atoms with Gasteiger partial charge in [-0.1, -0.05) is 18.2 Å². The molecule has 4 aromatic rings. The molecule has 0 atom stereocenters. The number of nitrogens with one attached hydrogen (secondary N) is 1. The van der Waals surface area contributed by atoms with Crippen LogP contribution in [-0.2, 0) is 6.42 Å². The van der Waals surface area contributed by atoms with Crippen LogP contribution >= 0.6 is 0 Å². The molecule has 0 unspecified atom stereocenters. The highest BCUT2D eigenvalue weighted by molar-refractivity contribution is 5.83. The average Bonchev–Trinajstić information content (AvgIpc) is 3.21. The summed E-state index contributed by atoms with van der Waals surface area (Å²) in [4.78, 5) is 10.6. The van der Waals surface area contributed by atoms with Crippen LogP contribution in [0.25, 0.3) is 28.1 Å². The molecule has 2 aromatic carbocycles. The Hall–Kier alpha value is -3.61. The lowest BCUT2D eigenvalue weighted by molar-refractivity contribution is -0.384. The zero-order chi connectivity index (χ0) is 19.1. The zero-order valence-electron chi connectivity index (χ0n) is 15.1. The molecule has 1 N–H and O–H groups in total. The van der Waals surface area contributed by atoms with E-state index in [0.717, 1.165) is 65.3 Å². The van der Waals surface area contributed by atoms with E-state index in [9.17, 15) is 10.1 Å². The van der Waals surface area contributed by atoms with E-state index in [0.29, 0.717) is 0 Å². The highest BCUT2D eigenvalue weighted by atomic mass is 16.6. The summed E-state index contributed by atoms with van der Waals surface area (Å²) < 4.78 is 7.89. The molecule has 0 aliphatic carbocycles. The quantitative estimate of drug-likeness (QED) is 0.405. The highest BCUT2D eigenvalue weighted by Crippen LogP contribution is 2.36. The van der Waals surface area contributed by atoms with Crippen LogP contribution in [0.15, 0.2) is 59.0 Å². The van der Waals surface area contributed by atoms with Gasteiger partial charge in [0.25, 0.3) is 5.69 Å². The number of fused-ring (bicyclic) bond motifs is 2. The number of non-ortho nitro benzene ring substituents is 1. The van der Waals surface area contributed by atoms with E-state index in [1.807, 2.05) is 35.0 Å². The summed E-state index contributed by atoms with van der Waals surface area (Å²) in [5.41, 5.74) is 3.61. The number of nitro benzene ring substituents is 1. The van der Waals surface area contributed by atoms with Gasteiger partial charge in [0.1, 0.15) is 17.1 Å². The number of hydrogen-bond donors (Lipinski definition) is 1. The first-order valence-electron chi connectivity index (χ1n) is 9.30. The molecular formula is C21H18N4O3. The molecule has 0 amide bonds. The Labute approximate surface area is 160 Å². The molecule has 0 radical (unpaired) electrons. The van der Waals surface area contributed by atoms with Gasteiger partial charge in [0.15, 0.2) is 5.76 Å². The number of benzene rings is 2. The van der Waals surface area contributed by atoms with Crippen LogP contribution in [0.4, 0.5) is 11.5 Å². The molecule has 5 rings (SSSR count). The maximum atomic E-state index is 11.0. The second-order valence-corrected chi connectivity index (χ2v) is 6.89. The standard InChI is InChI=1S/C21H18N4O3/c26-25(27)16-10-8-15(9-11-16)24-21-17(6-3-4-12-22-21)20(23-24)19-13-14-5-1-2-7-18(14)28-19/h1-2,5,7-11,13,22H,3-4,6,12H2. The molecule has 0 bridgehead atoms. The molecule has 3 heterocycles. The van der Waals surface area contributed by atoms with Crippen molar-refractivity contribution in [1.82, 2.24) is 9.78 Å². The molecule has 0 fully saturated rings. The predicted octanol–water partition coefficient (Wildman–Crippen LogP) is 4.94. The van der Waals surface area contributed by atoms with E-state index in [4.69, 9.17) is 9.52 Å². The summed E-state index contributed by atoms with van der Waals surface area (Å²) in [5, 5.41) is 20.3. The third-order valence-corrected chi connectivity index (χ3v) is 5.09. The van der Waals surface area contributed by atoms with E-state index in [-0.39, 0.29) is 5.69 Å². The number of nitrogens with zero attached hydrogens (tertiary/aromatic N) is 3. The summed E-state index contributed by atoms with van der Waals surface area (Å²) in [7, 11) is 0. The van der Waals surface area contributed by atoms with Crippen LogP contribution in [-0.4, -0.2) is 21.2 Å². The van der Waals surface area contributed by atoms with E-state index in [1.165, 1.54) is 12.1 Å². The Morgan fingerprint density at radius 2 is 1.93 bits per heavy atom. The van der Waals surface area contributed by atoms with Gasteiger partial charge in [0.2, 0.25) is 0 Å². The van der Waals surface area contributed by atoms with Crippen LogP contribution < -0.4 is 5.32 Å².